The first-order valence-corrected chi connectivity index (χ1v) is 20.8. The van der Waals surface area contributed by atoms with Crippen molar-refractivity contribution in [3.63, 3.8) is 0 Å². The Hall–Kier alpha value is -0.300. The third-order valence-corrected chi connectivity index (χ3v) is 9.98. The number of hydrogen-bond acceptors (Lipinski definition) is 5. The highest BCUT2D eigenvalue weighted by molar-refractivity contribution is 7.99. The van der Waals surface area contributed by atoms with Gasteiger partial charge < -0.3 is 20.4 Å². The standard InChI is InChI=1S/C21H44O3S.C18H36O2/c1-2-3-4-5-6-7-8-9-10-11-12-13-14-15-16-17-18-25-21(24)20(23)19-22;1-2-3-4-5-6-7-8-9-10-11-12-13-14-15-16-17-18(19)20/h20-24H,2-19H2,1H3;2-17H2,1H3,(H,19,20). The van der Waals surface area contributed by atoms with Gasteiger partial charge in [0.15, 0.2) is 0 Å². The van der Waals surface area contributed by atoms with Gasteiger partial charge in [-0.2, -0.15) is 0 Å². The lowest BCUT2D eigenvalue weighted by atomic mass is 10.0. The highest BCUT2D eigenvalue weighted by Gasteiger charge is 2.14. The lowest BCUT2D eigenvalue weighted by Crippen LogP contribution is -2.26. The van der Waals surface area contributed by atoms with E-state index in [0.29, 0.717) is 6.42 Å². The second-order valence-corrected chi connectivity index (χ2v) is 14.6. The van der Waals surface area contributed by atoms with Crippen LogP contribution in [0, 0.1) is 0 Å². The van der Waals surface area contributed by atoms with E-state index in [-0.39, 0.29) is 6.61 Å². The number of rotatable bonds is 36. The van der Waals surface area contributed by atoms with E-state index in [0.717, 1.165) is 25.0 Å². The van der Waals surface area contributed by atoms with Gasteiger partial charge in [-0.25, -0.2) is 0 Å². The van der Waals surface area contributed by atoms with Crippen molar-refractivity contribution in [1.82, 2.24) is 0 Å². The van der Waals surface area contributed by atoms with E-state index in [4.69, 9.17) is 10.2 Å². The van der Waals surface area contributed by atoms with Crippen LogP contribution in [0.1, 0.15) is 219 Å². The van der Waals surface area contributed by atoms with Crippen molar-refractivity contribution in [3.8, 4) is 0 Å². The van der Waals surface area contributed by atoms with Crippen molar-refractivity contribution in [3.05, 3.63) is 0 Å². The molecule has 0 heterocycles. The summed E-state index contributed by atoms with van der Waals surface area (Å²) in [4.78, 5) is 10.3. The first-order chi connectivity index (χ1) is 22.0. The summed E-state index contributed by atoms with van der Waals surface area (Å²) in [6.07, 6.45) is 41.0. The Morgan fingerprint density at radius 1 is 0.467 bits per heavy atom. The lowest BCUT2D eigenvalue weighted by molar-refractivity contribution is -0.137. The number of carbonyl (C=O) groups is 1. The molecule has 2 atom stereocenters. The number of aliphatic hydroxyl groups is 3. The van der Waals surface area contributed by atoms with Gasteiger partial charge in [-0.3, -0.25) is 4.79 Å². The third-order valence-electron chi connectivity index (χ3n) is 8.80. The van der Waals surface area contributed by atoms with Gasteiger partial charge in [0.2, 0.25) is 0 Å². The van der Waals surface area contributed by atoms with Crippen LogP contribution in [0.5, 0.6) is 0 Å². The molecule has 0 aliphatic heterocycles. The van der Waals surface area contributed by atoms with Crippen molar-refractivity contribution >= 4 is 17.7 Å². The molecule has 0 rings (SSSR count). The number of aliphatic hydroxyl groups excluding tert-OH is 3. The molecular formula is C39H80O5S. The normalized spacial score (nSPS) is 12.6. The van der Waals surface area contributed by atoms with E-state index < -0.39 is 17.5 Å². The SMILES string of the molecule is CCCCCCCCCCCCCCCCCC(=O)O.CCCCCCCCCCCCCCCCCCSC(O)C(O)CO. The fourth-order valence-corrected chi connectivity index (χ4v) is 6.62. The number of carboxylic acids is 1. The molecule has 0 aliphatic rings. The first-order valence-electron chi connectivity index (χ1n) is 19.8. The molecule has 2 unspecified atom stereocenters. The molecule has 0 aromatic rings. The van der Waals surface area contributed by atoms with E-state index in [1.165, 1.54) is 192 Å². The minimum absolute atomic E-state index is 0.345. The molecule has 5 nitrogen and oxygen atoms in total. The Bertz CT molecular complexity index is 548. The summed E-state index contributed by atoms with van der Waals surface area (Å²) in [6, 6.07) is 0. The van der Waals surface area contributed by atoms with Crippen molar-refractivity contribution in [1.29, 1.82) is 0 Å². The summed E-state index contributed by atoms with van der Waals surface area (Å²) in [5.74, 6) is 0.205. The van der Waals surface area contributed by atoms with Crippen LogP contribution in [-0.4, -0.2) is 50.3 Å². The molecule has 0 aromatic heterocycles. The Balaban J connectivity index is 0. The minimum Gasteiger partial charge on any atom is -0.481 e. The summed E-state index contributed by atoms with van der Waals surface area (Å²) >= 11 is 1.34. The minimum atomic E-state index is -1.01. The molecule has 0 saturated heterocycles. The van der Waals surface area contributed by atoms with Gasteiger partial charge >= 0.3 is 5.97 Å². The van der Waals surface area contributed by atoms with Crippen molar-refractivity contribution in [2.45, 2.75) is 231 Å². The molecule has 0 radical (unpaired) electrons. The fraction of sp³-hybridized carbons (Fsp3) is 0.974. The summed E-state index contributed by atoms with van der Waals surface area (Å²) in [5, 5.41) is 36.0. The topological polar surface area (TPSA) is 98.0 Å². The number of unbranched alkanes of at least 4 members (excludes halogenated alkanes) is 29. The van der Waals surface area contributed by atoms with E-state index in [2.05, 4.69) is 13.8 Å². The highest BCUT2D eigenvalue weighted by atomic mass is 32.2. The Kier molecular flexibility index (Phi) is 43.4. The fourth-order valence-electron chi connectivity index (χ4n) is 5.70. The lowest BCUT2D eigenvalue weighted by Gasteiger charge is -2.14. The van der Waals surface area contributed by atoms with Crippen molar-refractivity contribution in [2.75, 3.05) is 12.4 Å². The van der Waals surface area contributed by atoms with Crippen LogP contribution in [-0.2, 0) is 4.79 Å². The zero-order valence-electron chi connectivity index (χ0n) is 30.3. The van der Waals surface area contributed by atoms with Crippen molar-refractivity contribution in [2.24, 2.45) is 0 Å². The van der Waals surface area contributed by atoms with Gasteiger partial charge in [0.05, 0.1) is 6.61 Å². The smallest absolute Gasteiger partial charge is 0.303 e. The van der Waals surface area contributed by atoms with Gasteiger partial charge in [0.25, 0.3) is 0 Å². The molecule has 0 bridgehead atoms. The van der Waals surface area contributed by atoms with Gasteiger partial charge in [0, 0.05) is 6.42 Å². The number of carboxylic acid groups (broad SMARTS) is 1. The van der Waals surface area contributed by atoms with Gasteiger partial charge in [-0.05, 0) is 18.6 Å². The van der Waals surface area contributed by atoms with Crippen LogP contribution in [0.25, 0.3) is 0 Å². The van der Waals surface area contributed by atoms with Gasteiger partial charge in [-0.1, -0.05) is 200 Å². The predicted octanol–water partition coefficient (Wildman–Crippen LogP) is 12.0. The first kappa shape index (κ1) is 46.8. The summed E-state index contributed by atoms with van der Waals surface area (Å²) in [6.45, 7) is 4.18. The third kappa shape index (κ3) is 43.7. The molecule has 0 spiro atoms. The molecule has 0 amide bonds. The van der Waals surface area contributed by atoms with Crippen LogP contribution in [0.15, 0.2) is 0 Å². The molecule has 0 aliphatic carbocycles. The zero-order valence-corrected chi connectivity index (χ0v) is 31.1. The summed E-state index contributed by atoms with van der Waals surface area (Å²) in [7, 11) is 0. The zero-order chi connectivity index (χ0) is 33.5. The second-order valence-electron chi connectivity index (χ2n) is 13.4. The molecule has 0 fully saturated rings. The second kappa shape index (κ2) is 41.7. The molecule has 6 heteroatoms. The summed E-state index contributed by atoms with van der Waals surface area (Å²) in [5.41, 5.74) is -0.846. The van der Waals surface area contributed by atoms with E-state index in [1.807, 2.05) is 0 Å². The molecule has 0 saturated carbocycles. The molecule has 272 valence electrons. The largest absolute Gasteiger partial charge is 0.481 e. The number of thioether (sulfide) groups is 1. The maximum absolute atomic E-state index is 10.3. The Morgan fingerprint density at radius 3 is 1.00 bits per heavy atom. The molecule has 0 aromatic carbocycles. The maximum Gasteiger partial charge on any atom is 0.303 e. The number of hydrogen-bond donors (Lipinski definition) is 4. The molecular weight excluding hydrogens is 580 g/mol. The van der Waals surface area contributed by atoms with Crippen LogP contribution in [0.3, 0.4) is 0 Å². The van der Waals surface area contributed by atoms with Crippen LogP contribution in [0.4, 0.5) is 0 Å². The van der Waals surface area contributed by atoms with E-state index in [9.17, 15) is 15.0 Å². The Morgan fingerprint density at radius 2 is 0.733 bits per heavy atom. The maximum atomic E-state index is 10.3. The Labute approximate surface area is 285 Å². The van der Waals surface area contributed by atoms with E-state index >= 15 is 0 Å². The quantitative estimate of drug-likeness (QED) is 0.0394. The highest BCUT2D eigenvalue weighted by Crippen LogP contribution is 2.17. The summed E-state index contributed by atoms with van der Waals surface area (Å²) < 4.78 is 0. The van der Waals surface area contributed by atoms with E-state index in [1.54, 1.807) is 0 Å². The van der Waals surface area contributed by atoms with Crippen LogP contribution in [0.2, 0.25) is 0 Å². The van der Waals surface area contributed by atoms with Crippen LogP contribution < -0.4 is 0 Å². The molecule has 45 heavy (non-hydrogen) atoms. The predicted molar refractivity (Wildman–Crippen MR) is 198 cm³/mol. The van der Waals surface area contributed by atoms with Crippen molar-refractivity contribution < 1.29 is 25.2 Å². The average molecular weight is 661 g/mol. The monoisotopic (exact) mass is 661 g/mol. The van der Waals surface area contributed by atoms with Gasteiger partial charge in [0.1, 0.15) is 11.5 Å². The van der Waals surface area contributed by atoms with Crippen LogP contribution >= 0.6 is 11.8 Å². The molecule has 4 N–H and O–H groups in total. The average Bonchev–Trinajstić information content (AvgIpc) is 3.04. The number of aliphatic carboxylic acids is 1. The van der Waals surface area contributed by atoms with Gasteiger partial charge in [-0.15, -0.1) is 11.8 Å².